The molecule has 0 radical (unpaired) electrons. The third kappa shape index (κ3) is 10.3. The van der Waals surface area contributed by atoms with Gasteiger partial charge in [-0.3, -0.25) is 9.35 Å². The van der Waals surface area contributed by atoms with Gasteiger partial charge in [-0.05, 0) is 30.7 Å². The van der Waals surface area contributed by atoms with Gasteiger partial charge >= 0.3 is 0 Å². The Hall–Kier alpha value is -2.49. The molecular formula is C18H23FN2O5S. The smallest absolute Gasteiger partial charge is 0.261 e. The molecule has 27 heavy (non-hydrogen) atoms. The van der Waals surface area contributed by atoms with E-state index in [1.165, 1.54) is 6.07 Å². The Morgan fingerprint density at radius 1 is 1.22 bits per heavy atom. The number of carbonyl (C=O) groups excluding carboxylic acids is 1. The molecule has 7 nitrogen and oxygen atoms in total. The molecule has 0 unspecified atom stereocenters. The number of nitrogens with one attached hydrogen (secondary N) is 1. The van der Waals surface area contributed by atoms with Crippen molar-refractivity contribution < 1.29 is 26.9 Å². The van der Waals surface area contributed by atoms with Crippen LogP contribution in [-0.4, -0.2) is 31.2 Å². The maximum Gasteiger partial charge on any atom is 0.261 e. The van der Waals surface area contributed by atoms with Gasteiger partial charge in [-0.2, -0.15) is 8.42 Å². The first-order valence-electron chi connectivity index (χ1n) is 7.96. The summed E-state index contributed by atoms with van der Waals surface area (Å²) < 4.78 is 44.9. The van der Waals surface area contributed by atoms with Gasteiger partial charge in [-0.15, -0.1) is 0 Å². The highest BCUT2D eigenvalue weighted by atomic mass is 32.2. The molecule has 2 rings (SSSR count). The van der Waals surface area contributed by atoms with E-state index < -0.39 is 10.1 Å². The van der Waals surface area contributed by atoms with Crippen molar-refractivity contribution in [2.24, 2.45) is 5.73 Å². The standard InChI is InChI=1S/C17H19FN2O2.CH4O3S/c1-12(17(19)21)20-10-13-6-8-15(9-7-13)22-11-14-4-2-3-5-16(14)18;1-5(2,3)4/h2-9,12,20H,10-11H2,1H3,(H2,19,21);1H3,(H,2,3,4)/t12-;/m0./s1. The number of rotatable bonds is 7. The number of hydrogen-bond acceptors (Lipinski definition) is 5. The lowest BCUT2D eigenvalue weighted by atomic mass is 10.2. The second kappa shape index (κ2) is 10.6. The van der Waals surface area contributed by atoms with E-state index in [1.807, 2.05) is 24.3 Å². The van der Waals surface area contributed by atoms with Crippen LogP contribution in [0, 0.1) is 5.82 Å². The highest BCUT2D eigenvalue weighted by Crippen LogP contribution is 2.15. The van der Waals surface area contributed by atoms with Crippen LogP contribution >= 0.6 is 0 Å². The van der Waals surface area contributed by atoms with Crippen molar-refractivity contribution in [3.05, 3.63) is 65.5 Å². The number of hydrogen-bond donors (Lipinski definition) is 3. The van der Waals surface area contributed by atoms with E-state index in [0.717, 1.165) is 5.56 Å². The fraction of sp³-hybridized carbons (Fsp3) is 0.278. The Bertz CT molecular complexity index is 833. The largest absolute Gasteiger partial charge is 0.489 e. The van der Waals surface area contributed by atoms with Gasteiger partial charge in [-0.1, -0.05) is 30.3 Å². The molecule has 0 aliphatic heterocycles. The van der Waals surface area contributed by atoms with Gasteiger partial charge in [0.25, 0.3) is 10.1 Å². The van der Waals surface area contributed by atoms with E-state index in [9.17, 15) is 17.6 Å². The first-order chi connectivity index (χ1) is 12.6. The molecule has 2 aromatic carbocycles. The predicted molar refractivity (Wildman–Crippen MR) is 100 cm³/mol. The van der Waals surface area contributed by atoms with Crippen LogP contribution in [-0.2, 0) is 28.1 Å². The van der Waals surface area contributed by atoms with Crippen LogP contribution in [0.1, 0.15) is 18.1 Å². The minimum Gasteiger partial charge on any atom is -0.489 e. The summed E-state index contributed by atoms with van der Waals surface area (Å²) in [6, 6.07) is 13.5. The average Bonchev–Trinajstić information content (AvgIpc) is 2.58. The molecule has 4 N–H and O–H groups in total. The Labute approximate surface area is 158 Å². The van der Waals surface area contributed by atoms with Gasteiger partial charge in [0.1, 0.15) is 18.2 Å². The summed E-state index contributed by atoms with van der Waals surface area (Å²) in [7, 11) is -3.67. The quantitative estimate of drug-likeness (QED) is 0.613. The Balaban J connectivity index is 0.000000646. The van der Waals surface area contributed by atoms with Crippen LogP contribution in [0.25, 0.3) is 0 Å². The second-order valence-corrected chi connectivity index (χ2v) is 7.23. The highest BCUT2D eigenvalue weighted by Gasteiger charge is 2.07. The number of primary amides is 1. The summed E-state index contributed by atoms with van der Waals surface area (Å²) in [5.74, 6) is 0.00329. The van der Waals surface area contributed by atoms with Gasteiger partial charge in [0.15, 0.2) is 0 Å². The molecule has 148 valence electrons. The molecule has 9 heteroatoms. The number of benzene rings is 2. The molecule has 0 fully saturated rings. The second-order valence-electron chi connectivity index (χ2n) is 5.76. The third-order valence-electron chi connectivity index (χ3n) is 3.31. The molecule has 0 heterocycles. The first kappa shape index (κ1) is 22.6. The van der Waals surface area contributed by atoms with Crippen molar-refractivity contribution in [1.82, 2.24) is 5.32 Å². The maximum absolute atomic E-state index is 13.5. The SMILES string of the molecule is CS(=O)(=O)O.C[C@H](NCc1ccc(OCc2ccccc2F)cc1)C(N)=O. The lowest BCUT2D eigenvalue weighted by molar-refractivity contribution is -0.119. The lowest BCUT2D eigenvalue weighted by Gasteiger charge is -2.11. The van der Waals surface area contributed by atoms with E-state index >= 15 is 0 Å². The molecule has 0 aliphatic carbocycles. The van der Waals surface area contributed by atoms with Crippen LogP contribution in [0.4, 0.5) is 4.39 Å². The number of halogens is 1. The Morgan fingerprint density at radius 2 is 1.78 bits per heavy atom. The summed E-state index contributed by atoms with van der Waals surface area (Å²) >= 11 is 0. The molecule has 2 aromatic rings. The molecule has 1 atom stereocenters. The van der Waals surface area contributed by atoms with Crippen molar-refractivity contribution in [2.45, 2.75) is 26.1 Å². The van der Waals surface area contributed by atoms with Crippen molar-refractivity contribution in [2.75, 3.05) is 6.26 Å². The monoisotopic (exact) mass is 398 g/mol. The van der Waals surface area contributed by atoms with Gasteiger partial charge in [-0.25, -0.2) is 4.39 Å². The third-order valence-corrected chi connectivity index (χ3v) is 3.31. The first-order valence-corrected chi connectivity index (χ1v) is 9.81. The van der Waals surface area contributed by atoms with Crippen LogP contribution in [0.3, 0.4) is 0 Å². The Morgan fingerprint density at radius 3 is 2.30 bits per heavy atom. The van der Waals surface area contributed by atoms with E-state index in [2.05, 4.69) is 5.32 Å². The van der Waals surface area contributed by atoms with Gasteiger partial charge < -0.3 is 15.8 Å². The normalized spacial score (nSPS) is 11.9. The molecule has 0 aliphatic rings. The molecule has 0 aromatic heterocycles. The highest BCUT2D eigenvalue weighted by molar-refractivity contribution is 7.85. The van der Waals surface area contributed by atoms with Crippen LogP contribution in [0.15, 0.2) is 48.5 Å². The molecule has 0 spiro atoms. The van der Waals surface area contributed by atoms with Crippen LogP contribution < -0.4 is 15.8 Å². The summed E-state index contributed by atoms with van der Waals surface area (Å²) in [6.07, 6.45) is 0.715. The molecule has 1 amide bonds. The number of nitrogens with two attached hydrogens (primary N) is 1. The summed E-state index contributed by atoms with van der Waals surface area (Å²) in [4.78, 5) is 10.9. The molecule has 0 bridgehead atoms. The van der Waals surface area contributed by atoms with Crippen molar-refractivity contribution in [3.8, 4) is 5.75 Å². The average molecular weight is 398 g/mol. The minimum absolute atomic E-state index is 0.184. The van der Waals surface area contributed by atoms with Crippen molar-refractivity contribution >= 4 is 16.0 Å². The van der Waals surface area contributed by atoms with E-state index in [-0.39, 0.29) is 24.4 Å². The topological polar surface area (TPSA) is 119 Å². The maximum atomic E-state index is 13.5. The van der Waals surface area contributed by atoms with Crippen LogP contribution in [0.5, 0.6) is 5.75 Å². The fourth-order valence-corrected chi connectivity index (χ4v) is 1.85. The minimum atomic E-state index is -3.67. The van der Waals surface area contributed by atoms with E-state index in [0.29, 0.717) is 24.1 Å². The lowest BCUT2D eigenvalue weighted by Crippen LogP contribution is -2.38. The Kier molecular flexibility index (Phi) is 8.86. The fourth-order valence-electron chi connectivity index (χ4n) is 1.85. The molecular weight excluding hydrogens is 375 g/mol. The van der Waals surface area contributed by atoms with Crippen molar-refractivity contribution in [3.63, 3.8) is 0 Å². The van der Waals surface area contributed by atoms with Crippen molar-refractivity contribution in [1.29, 1.82) is 0 Å². The van der Waals surface area contributed by atoms with Gasteiger partial charge in [0, 0.05) is 12.1 Å². The molecule has 0 saturated carbocycles. The van der Waals surface area contributed by atoms with E-state index in [4.69, 9.17) is 15.0 Å². The number of amides is 1. The summed E-state index contributed by atoms with van der Waals surface area (Å²) in [5.41, 5.74) is 6.70. The number of carbonyl (C=O) groups is 1. The number of ether oxygens (including phenoxy) is 1. The zero-order valence-corrected chi connectivity index (χ0v) is 15.9. The molecule has 0 saturated heterocycles. The van der Waals surface area contributed by atoms with Crippen LogP contribution in [0.2, 0.25) is 0 Å². The summed E-state index contributed by atoms with van der Waals surface area (Å²) in [5, 5.41) is 3.02. The zero-order chi connectivity index (χ0) is 20.4. The predicted octanol–water partition coefficient (Wildman–Crippen LogP) is 1.87. The zero-order valence-electron chi connectivity index (χ0n) is 15.1. The van der Waals surface area contributed by atoms with Gasteiger partial charge in [0.2, 0.25) is 5.91 Å². The summed E-state index contributed by atoms with van der Waals surface area (Å²) in [6.45, 7) is 2.44. The van der Waals surface area contributed by atoms with E-state index in [1.54, 1.807) is 25.1 Å². The van der Waals surface area contributed by atoms with Gasteiger partial charge in [0.05, 0.1) is 12.3 Å².